The molecule has 0 aromatic rings. The molecular weight excluding hydrogens is 610 g/mol. The molecule has 0 aliphatic heterocycles. The molecule has 12 nitrogen and oxygen atoms in total. The van der Waals surface area contributed by atoms with Crippen LogP contribution in [0.2, 0.25) is 0 Å². The van der Waals surface area contributed by atoms with Crippen LogP contribution in [-0.4, -0.2) is 89.3 Å². The first-order chi connectivity index (χ1) is 21.2. The Labute approximate surface area is 281 Å². The highest BCUT2D eigenvalue weighted by atomic mass is 32.2. The second-order valence-electron chi connectivity index (χ2n) is 14.2. The molecule has 268 valence electrons. The SMILES string of the molecule is CCNC(=O)C(NC(=O)[C@H](C)C[C@H](O)[C@H](CC(C)C)NC(=O)[C@H](CCSC)NC(=O)[C@H](CC(C)C)NC(=O)OC(C)(C)C)C(C)C. The van der Waals surface area contributed by atoms with Gasteiger partial charge in [-0.05, 0) is 83.1 Å². The Morgan fingerprint density at radius 2 is 1.30 bits per heavy atom. The third kappa shape index (κ3) is 18.0. The molecule has 0 spiro atoms. The summed E-state index contributed by atoms with van der Waals surface area (Å²) in [6.07, 6.45) is 1.29. The van der Waals surface area contributed by atoms with E-state index < -0.39 is 59.7 Å². The number of alkyl carbamates (subject to hydrolysis) is 1. The first-order valence-corrected chi connectivity index (χ1v) is 18.0. The van der Waals surface area contributed by atoms with E-state index in [4.69, 9.17) is 4.74 Å². The van der Waals surface area contributed by atoms with Crippen molar-refractivity contribution in [1.82, 2.24) is 26.6 Å². The fourth-order valence-corrected chi connectivity index (χ4v) is 5.25. The van der Waals surface area contributed by atoms with Gasteiger partial charge in [0.1, 0.15) is 23.7 Å². The fraction of sp³-hybridized carbons (Fsp3) is 0.848. The number of aliphatic hydroxyl groups excluding tert-OH is 1. The summed E-state index contributed by atoms with van der Waals surface area (Å²) >= 11 is 1.53. The topological polar surface area (TPSA) is 175 Å². The number of nitrogens with one attached hydrogen (secondary N) is 5. The van der Waals surface area contributed by atoms with E-state index in [2.05, 4.69) is 26.6 Å². The van der Waals surface area contributed by atoms with Gasteiger partial charge in [-0.3, -0.25) is 19.2 Å². The van der Waals surface area contributed by atoms with E-state index in [1.165, 1.54) is 11.8 Å². The lowest BCUT2D eigenvalue weighted by atomic mass is 9.91. The first-order valence-electron chi connectivity index (χ1n) is 16.6. The molecule has 0 saturated carbocycles. The van der Waals surface area contributed by atoms with Gasteiger partial charge >= 0.3 is 6.09 Å². The maximum Gasteiger partial charge on any atom is 0.408 e. The molecule has 0 rings (SSSR count). The molecule has 5 amide bonds. The van der Waals surface area contributed by atoms with Crippen LogP contribution in [0.5, 0.6) is 0 Å². The lowest BCUT2D eigenvalue weighted by Gasteiger charge is -2.30. The third-order valence-electron chi connectivity index (χ3n) is 7.12. The Bertz CT molecular complexity index is 971. The number of ether oxygens (including phenoxy) is 1. The van der Waals surface area contributed by atoms with Gasteiger partial charge in [-0.25, -0.2) is 4.79 Å². The highest BCUT2D eigenvalue weighted by Gasteiger charge is 2.33. The Morgan fingerprint density at radius 3 is 1.78 bits per heavy atom. The fourth-order valence-electron chi connectivity index (χ4n) is 4.78. The summed E-state index contributed by atoms with van der Waals surface area (Å²) in [4.78, 5) is 65.0. The molecular formula is C33H63N5O7S. The molecule has 0 aliphatic rings. The number of hydrogen-bond acceptors (Lipinski definition) is 8. The van der Waals surface area contributed by atoms with E-state index in [9.17, 15) is 29.1 Å². The summed E-state index contributed by atoms with van der Waals surface area (Å²) in [5.41, 5.74) is -0.742. The van der Waals surface area contributed by atoms with Gasteiger partial charge in [-0.1, -0.05) is 48.5 Å². The number of rotatable bonds is 20. The summed E-state index contributed by atoms with van der Waals surface area (Å²) in [7, 11) is 0. The van der Waals surface area contributed by atoms with E-state index in [1.807, 2.05) is 47.8 Å². The lowest BCUT2D eigenvalue weighted by molar-refractivity contribution is -0.133. The molecule has 0 bridgehead atoms. The Morgan fingerprint density at radius 1 is 0.739 bits per heavy atom. The number of amides is 5. The molecule has 13 heteroatoms. The van der Waals surface area contributed by atoms with Crippen molar-refractivity contribution < 1.29 is 33.8 Å². The lowest BCUT2D eigenvalue weighted by Crippen LogP contribution is -2.57. The molecule has 0 fully saturated rings. The van der Waals surface area contributed by atoms with Crippen molar-refractivity contribution in [1.29, 1.82) is 0 Å². The third-order valence-corrected chi connectivity index (χ3v) is 7.76. The molecule has 46 heavy (non-hydrogen) atoms. The Kier molecular flexibility index (Phi) is 20.2. The standard InChI is InChI=1S/C33H63N5O7S/c1-13-34-31(43)27(21(6)7)38-28(40)22(8)18-26(39)24(16-19(2)3)36-29(41)23(14-15-46-12)35-30(42)25(17-20(4)5)37-32(44)45-33(9,10)11/h19-27,39H,13-18H2,1-12H3,(H,34,43)(H,35,42)(H,36,41)(H,37,44)(H,38,40)/t22-,23+,24+,25+,26+,27?/m1/s1. The van der Waals surface area contributed by atoms with Gasteiger partial charge in [0.15, 0.2) is 0 Å². The minimum atomic E-state index is -1.06. The van der Waals surface area contributed by atoms with Crippen molar-refractivity contribution in [3.8, 4) is 0 Å². The maximum atomic E-state index is 13.6. The second-order valence-corrected chi connectivity index (χ2v) is 15.2. The highest BCUT2D eigenvalue weighted by Crippen LogP contribution is 2.17. The summed E-state index contributed by atoms with van der Waals surface area (Å²) in [6.45, 7) is 20.6. The number of thioether (sulfide) groups is 1. The van der Waals surface area contributed by atoms with Crippen LogP contribution >= 0.6 is 11.8 Å². The van der Waals surface area contributed by atoms with Gasteiger partial charge < -0.3 is 36.4 Å². The van der Waals surface area contributed by atoms with Gasteiger partial charge in [0.05, 0.1) is 12.1 Å². The second kappa shape index (κ2) is 21.4. The summed E-state index contributed by atoms with van der Waals surface area (Å²) in [6, 6.07) is -3.22. The smallest absolute Gasteiger partial charge is 0.408 e. The molecule has 0 aromatic heterocycles. The molecule has 0 aliphatic carbocycles. The minimum Gasteiger partial charge on any atom is -0.444 e. The average Bonchev–Trinajstić information content (AvgIpc) is 2.91. The number of hydrogen-bond donors (Lipinski definition) is 6. The predicted molar refractivity (Wildman–Crippen MR) is 184 cm³/mol. The van der Waals surface area contributed by atoms with Crippen LogP contribution in [0, 0.1) is 23.7 Å². The van der Waals surface area contributed by atoms with Crippen molar-refractivity contribution in [2.75, 3.05) is 18.6 Å². The summed E-state index contributed by atoms with van der Waals surface area (Å²) in [5, 5.41) is 25.2. The van der Waals surface area contributed by atoms with E-state index in [-0.39, 0.29) is 36.0 Å². The van der Waals surface area contributed by atoms with Crippen LogP contribution in [0.1, 0.15) is 102 Å². The zero-order valence-electron chi connectivity index (χ0n) is 30.2. The molecule has 0 aromatic carbocycles. The van der Waals surface area contributed by atoms with Crippen LogP contribution in [0.3, 0.4) is 0 Å². The van der Waals surface area contributed by atoms with Crippen LogP contribution < -0.4 is 26.6 Å². The van der Waals surface area contributed by atoms with Crippen LogP contribution in [0.25, 0.3) is 0 Å². The minimum absolute atomic E-state index is 0.0574. The van der Waals surface area contributed by atoms with E-state index in [0.717, 1.165) is 0 Å². The van der Waals surface area contributed by atoms with E-state index in [0.29, 0.717) is 31.6 Å². The van der Waals surface area contributed by atoms with Crippen molar-refractivity contribution >= 4 is 41.5 Å². The van der Waals surface area contributed by atoms with Crippen LogP contribution in [0.15, 0.2) is 0 Å². The molecule has 0 saturated heterocycles. The van der Waals surface area contributed by atoms with Gasteiger partial charge in [0.25, 0.3) is 0 Å². The normalized spacial score (nSPS) is 15.7. The van der Waals surface area contributed by atoms with Gasteiger partial charge in [-0.15, -0.1) is 0 Å². The predicted octanol–water partition coefficient (Wildman–Crippen LogP) is 3.36. The van der Waals surface area contributed by atoms with Gasteiger partial charge in [0.2, 0.25) is 23.6 Å². The van der Waals surface area contributed by atoms with Gasteiger partial charge in [0, 0.05) is 12.5 Å². The molecule has 6 N–H and O–H groups in total. The van der Waals surface area contributed by atoms with Crippen molar-refractivity contribution in [2.45, 2.75) is 138 Å². The molecule has 6 atom stereocenters. The number of aliphatic hydroxyl groups is 1. The molecule has 0 radical (unpaired) electrons. The largest absolute Gasteiger partial charge is 0.444 e. The quantitative estimate of drug-likeness (QED) is 0.114. The number of carbonyl (C=O) groups excluding carboxylic acids is 5. The van der Waals surface area contributed by atoms with E-state index >= 15 is 0 Å². The zero-order chi connectivity index (χ0) is 35.8. The average molecular weight is 674 g/mol. The van der Waals surface area contributed by atoms with Crippen LogP contribution in [0.4, 0.5) is 4.79 Å². The highest BCUT2D eigenvalue weighted by molar-refractivity contribution is 7.98. The first kappa shape index (κ1) is 43.5. The number of carbonyl (C=O) groups is 5. The zero-order valence-corrected chi connectivity index (χ0v) is 31.1. The number of likely N-dealkylation sites (N-methyl/N-ethyl adjacent to an activating group) is 1. The summed E-state index contributed by atoms with van der Waals surface area (Å²) < 4.78 is 5.35. The van der Waals surface area contributed by atoms with Crippen molar-refractivity contribution in [3.05, 3.63) is 0 Å². The van der Waals surface area contributed by atoms with Crippen molar-refractivity contribution in [2.24, 2.45) is 23.7 Å². The van der Waals surface area contributed by atoms with Crippen LogP contribution in [-0.2, 0) is 23.9 Å². The van der Waals surface area contributed by atoms with Gasteiger partial charge in [-0.2, -0.15) is 11.8 Å². The summed E-state index contributed by atoms with van der Waals surface area (Å²) in [5.74, 6) is -1.58. The maximum absolute atomic E-state index is 13.6. The van der Waals surface area contributed by atoms with Crippen molar-refractivity contribution in [3.63, 3.8) is 0 Å². The molecule has 1 unspecified atom stereocenters. The Balaban J connectivity index is 5.81. The molecule has 0 heterocycles. The van der Waals surface area contributed by atoms with E-state index in [1.54, 1.807) is 34.6 Å². The Hall–Kier alpha value is -2.54. The monoisotopic (exact) mass is 673 g/mol.